The Bertz CT molecular complexity index is 1140. The minimum absolute atomic E-state index is 0.0507. The third-order valence-corrected chi connectivity index (χ3v) is 7.57. The van der Waals surface area contributed by atoms with Gasteiger partial charge in [-0.1, -0.05) is 17.7 Å². The molecule has 0 radical (unpaired) electrons. The van der Waals surface area contributed by atoms with E-state index in [9.17, 15) is 9.18 Å². The number of nitrogens with zero attached hydrogens (tertiary/aromatic N) is 3. The molecule has 0 spiro atoms. The van der Waals surface area contributed by atoms with Crippen molar-refractivity contribution in [3.63, 3.8) is 0 Å². The molecule has 1 aliphatic carbocycles. The quantitative estimate of drug-likeness (QED) is 0.556. The van der Waals surface area contributed by atoms with Crippen LogP contribution in [0.2, 0.25) is 0 Å². The maximum atomic E-state index is 14.4. The van der Waals surface area contributed by atoms with Crippen LogP contribution in [0.4, 0.5) is 10.2 Å². The van der Waals surface area contributed by atoms with Gasteiger partial charge in [0.2, 0.25) is 5.91 Å². The van der Waals surface area contributed by atoms with Crippen LogP contribution >= 0.6 is 11.3 Å². The fourth-order valence-corrected chi connectivity index (χ4v) is 5.98. The molecule has 5 nitrogen and oxygen atoms in total. The van der Waals surface area contributed by atoms with Crippen LogP contribution in [0.5, 0.6) is 0 Å². The van der Waals surface area contributed by atoms with Gasteiger partial charge in [0.05, 0.1) is 21.5 Å². The topological polar surface area (TPSA) is 58.1 Å². The van der Waals surface area contributed by atoms with E-state index in [-0.39, 0.29) is 17.6 Å². The molecule has 1 amide bonds. The molecule has 7 heteroatoms. The van der Waals surface area contributed by atoms with Crippen molar-refractivity contribution in [2.24, 2.45) is 5.92 Å². The minimum Gasteiger partial charge on any atom is -0.355 e. The molecule has 1 aliphatic heterocycles. The van der Waals surface area contributed by atoms with Gasteiger partial charge in [0.25, 0.3) is 0 Å². The van der Waals surface area contributed by atoms with Gasteiger partial charge in [-0.15, -0.1) is 11.3 Å². The Morgan fingerprint density at radius 3 is 3.06 bits per heavy atom. The summed E-state index contributed by atoms with van der Waals surface area (Å²) in [6.07, 6.45) is 11.5. The lowest BCUT2D eigenvalue weighted by Gasteiger charge is -2.33. The van der Waals surface area contributed by atoms with E-state index in [0.717, 1.165) is 41.0 Å². The molecule has 1 aromatic carbocycles. The van der Waals surface area contributed by atoms with Gasteiger partial charge < -0.3 is 10.2 Å². The van der Waals surface area contributed by atoms with Gasteiger partial charge in [-0.2, -0.15) is 0 Å². The van der Waals surface area contributed by atoms with Crippen molar-refractivity contribution in [3.8, 4) is 0 Å². The summed E-state index contributed by atoms with van der Waals surface area (Å²) in [7, 11) is 0. The van der Waals surface area contributed by atoms with E-state index in [1.807, 2.05) is 6.07 Å². The summed E-state index contributed by atoms with van der Waals surface area (Å²) in [6, 6.07) is 5.12. The van der Waals surface area contributed by atoms with Crippen LogP contribution in [-0.2, 0) is 4.79 Å². The number of benzene rings is 1. The van der Waals surface area contributed by atoms with Gasteiger partial charge in [0, 0.05) is 24.3 Å². The lowest BCUT2D eigenvalue weighted by Crippen LogP contribution is -2.43. The van der Waals surface area contributed by atoms with Crippen molar-refractivity contribution in [2.75, 3.05) is 24.5 Å². The monoisotopic (exact) mass is 438 g/mol. The summed E-state index contributed by atoms with van der Waals surface area (Å²) < 4.78 is 16.2. The number of hydrogen-bond acceptors (Lipinski definition) is 5. The number of carbonyl (C=O) groups excluding carboxylic acids is 1. The standard InChI is InChI=1S/C24H27FN4OS/c25-18-9-4-10-19-20(18)21-22(31-19)23(28-15-27-21)29-13-5-8-17(14-29)24(30)26-12-11-16-6-2-1-3-7-16/h4,6,9-10,15,17H,1-3,5,7-8,11-14H2,(H,26,30). The molecule has 1 N–H and O–H groups in total. The van der Waals surface area contributed by atoms with Gasteiger partial charge in [-0.25, -0.2) is 14.4 Å². The average molecular weight is 439 g/mol. The summed E-state index contributed by atoms with van der Waals surface area (Å²) in [5.74, 6) is 0.645. The summed E-state index contributed by atoms with van der Waals surface area (Å²) in [4.78, 5) is 23.9. The molecular weight excluding hydrogens is 411 g/mol. The smallest absolute Gasteiger partial charge is 0.224 e. The van der Waals surface area contributed by atoms with Crippen LogP contribution in [-0.4, -0.2) is 35.5 Å². The number of thiophene rings is 1. The van der Waals surface area contributed by atoms with Crippen LogP contribution in [0.1, 0.15) is 44.9 Å². The van der Waals surface area contributed by atoms with Crippen LogP contribution in [0, 0.1) is 11.7 Å². The Morgan fingerprint density at radius 1 is 1.26 bits per heavy atom. The van der Waals surface area contributed by atoms with E-state index >= 15 is 0 Å². The zero-order chi connectivity index (χ0) is 21.2. The number of amides is 1. The Hall–Kier alpha value is -2.54. The Labute approximate surface area is 185 Å². The second kappa shape index (κ2) is 8.91. The Morgan fingerprint density at radius 2 is 2.19 bits per heavy atom. The number of anilines is 1. The van der Waals surface area contributed by atoms with E-state index in [4.69, 9.17) is 0 Å². The number of hydrogen-bond donors (Lipinski definition) is 1. The van der Waals surface area contributed by atoms with E-state index < -0.39 is 0 Å². The van der Waals surface area contributed by atoms with E-state index in [0.29, 0.717) is 24.0 Å². The highest BCUT2D eigenvalue weighted by Gasteiger charge is 2.28. The van der Waals surface area contributed by atoms with Crippen LogP contribution < -0.4 is 10.2 Å². The number of fused-ring (bicyclic) bond motifs is 3. The first-order valence-corrected chi connectivity index (χ1v) is 12.0. The molecule has 1 fully saturated rings. The number of piperidine rings is 1. The summed E-state index contributed by atoms with van der Waals surface area (Å²) in [5.41, 5.74) is 2.15. The Balaban J connectivity index is 1.30. The zero-order valence-electron chi connectivity index (χ0n) is 17.6. The van der Waals surface area contributed by atoms with Crippen LogP contribution in [0.3, 0.4) is 0 Å². The molecule has 1 atom stereocenters. The summed E-state index contributed by atoms with van der Waals surface area (Å²) in [6.45, 7) is 2.20. The number of nitrogens with one attached hydrogen (secondary N) is 1. The third-order valence-electron chi connectivity index (χ3n) is 6.43. The molecule has 3 aromatic rings. The zero-order valence-corrected chi connectivity index (χ0v) is 18.4. The number of carbonyl (C=O) groups is 1. The number of aromatic nitrogens is 2. The van der Waals surface area contributed by atoms with Crippen molar-refractivity contribution < 1.29 is 9.18 Å². The molecule has 2 aromatic heterocycles. The van der Waals surface area contributed by atoms with E-state index in [2.05, 4.69) is 26.3 Å². The average Bonchev–Trinajstić information content (AvgIpc) is 3.20. The molecular formula is C24H27FN4OS. The SMILES string of the molecule is O=C(NCCC1=CCCCC1)C1CCCN(c2ncnc3c2sc2cccc(F)c23)C1. The molecule has 0 saturated carbocycles. The van der Waals surface area contributed by atoms with Gasteiger partial charge in [0.15, 0.2) is 0 Å². The van der Waals surface area contributed by atoms with E-state index in [1.54, 1.807) is 6.07 Å². The first-order chi connectivity index (χ1) is 15.2. The first kappa shape index (κ1) is 20.4. The summed E-state index contributed by atoms with van der Waals surface area (Å²) >= 11 is 1.52. The predicted octanol–water partition coefficient (Wildman–Crippen LogP) is 5.21. The number of halogens is 1. The lowest BCUT2D eigenvalue weighted by atomic mass is 9.96. The normalized spacial score (nSPS) is 19.6. The summed E-state index contributed by atoms with van der Waals surface area (Å²) in [5, 5.41) is 3.72. The molecule has 0 bridgehead atoms. The van der Waals surface area contributed by atoms with E-state index in [1.165, 1.54) is 55.0 Å². The fraction of sp³-hybridized carbons (Fsp3) is 0.458. The van der Waals surface area contributed by atoms with Crippen molar-refractivity contribution in [1.29, 1.82) is 0 Å². The van der Waals surface area contributed by atoms with Crippen molar-refractivity contribution >= 4 is 43.4 Å². The third kappa shape index (κ3) is 4.15. The fourth-order valence-electron chi connectivity index (χ4n) is 4.80. The maximum Gasteiger partial charge on any atom is 0.224 e. The second-order valence-electron chi connectivity index (χ2n) is 8.52. The second-order valence-corrected chi connectivity index (χ2v) is 9.58. The largest absolute Gasteiger partial charge is 0.355 e. The van der Waals surface area contributed by atoms with Crippen molar-refractivity contribution in [1.82, 2.24) is 15.3 Å². The Kier molecular flexibility index (Phi) is 5.85. The van der Waals surface area contributed by atoms with Gasteiger partial charge in [0.1, 0.15) is 18.0 Å². The minimum atomic E-state index is -0.252. The highest BCUT2D eigenvalue weighted by molar-refractivity contribution is 7.26. The number of allylic oxidation sites excluding steroid dienone is 1. The molecule has 3 heterocycles. The number of rotatable bonds is 5. The van der Waals surface area contributed by atoms with Crippen molar-refractivity contribution in [2.45, 2.75) is 44.9 Å². The first-order valence-electron chi connectivity index (χ1n) is 11.2. The van der Waals surface area contributed by atoms with Gasteiger partial charge in [-0.05, 0) is 57.1 Å². The lowest BCUT2D eigenvalue weighted by molar-refractivity contribution is -0.125. The van der Waals surface area contributed by atoms with Crippen LogP contribution in [0.15, 0.2) is 36.2 Å². The molecule has 31 heavy (non-hydrogen) atoms. The van der Waals surface area contributed by atoms with Crippen molar-refractivity contribution in [3.05, 3.63) is 42.0 Å². The molecule has 5 rings (SSSR count). The molecule has 1 unspecified atom stereocenters. The predicted molar refractivity (Wildman–Crippen MR) is 124 cm³/mol. The highest BCUT2D eigenvalue weighted by atomic mass is 32.1. The molecule has 162 valence electrons. The highest BCUT2D eigenvalue weighted by Crippen LogP contribution is 2.39. The molecule has 2 aliphatic rings. The molecule has 1 saturated heterocycles. The van der Waals surface area contributed by atoms with Crippen LogP contribution in [0.25, 0.3) is 20.3 Å². The van der Waals surface area contributed by atoms with Gasteiger partial charge in [-0.3, -0.25) is 4.79 Å². The maximum absolute atomic E-state index is 14.4. The van der Waals surface area contributed by atoms with Gasteiger partial charge >= 0.3 is 0 Å².